The summed E-state index contributed by atoms with van der Waals surface area (Å²) in [7, 11) is -1.92. The van der Waals surface area contributed by atoms with E-state index < -0.39 is 16.2 Å². The van der Waals surface area contributed by atoms with Crippen LogP contribution >= 0.6 is 34.4 Å². The second-order valence-corrected chi connectivity index (χ2v) is 11.2. The summed E-state index contributed by atoms with van der Waals surface area (Å²) < 4.78 is 43.0. The summed E-state index contributed by atoms with van der Waals surface area (Å²) >= 11 is 3.64. The lowest BCUT2D eigenvalue weighted by Gasteiger charge is -2.11. The Hall–Kier alpha value is -1.51. The molecule has 30 heavy (non-hydrogen) atoms. The number of fused-ring (bicyclic) bond motifs is 2. The van der Waals surface area contributed by atoms with Gasteiger partial charge >= 0.3 is 0 Å². The number of aryl methyl sites for hydroxylation is 2. The number of nitrogen functional groups attached to an aromatic ring is 1. The summed E-state index contributed by atoms with van der Waals surface area (Å²) in [5, 5.41) is 0.616. The van der Waals surface area contributed by atoms with Crippen LogP contribution in [0.15, 0.2) is 28.5 Å². The van der Waals surface area contributed by atoms with E-state index in [0.29, 0.717) is 35.7 Å². The topological polar surface area (TPSA) is 116 Å². The van der Waals surface area contributed by atoms with Gasteiger partial charge < -0.3 is 10.3 Å². The Kier molecular flexibility index (Phi) is 6.19. The zero-order valence-corrected chi connectivity index (χ0v) is 19.9. The van der Waals surface area contributed by atoms with E-state index in [4.69, 9.17) is 5.73 Å². The molecule has 1 aliphatic carbocycles. The molecular formula is C18H20FIN6O2S2. The van der Waals surface area contributed by atoms with Crippen molar-refractivity contribution in [1.29, 1.82) is 0 Å². The number of hydrogen-bond acceptors (Lipinski definition) is 7. The first-order chi connectivity index (χ1) is 14.3. The van der Waals surface area contributed by atoms with Crippen LogP contribution in [0.3, 0.4) is 0 Å². The first-order valence-corrected chi connectivity index (χ1v) is 12.9. The van der Waals surface area contributed by atoms with E-state index in [0.717, 1.165) is 26.0 Å². The minimum absolute atomic E-state index is 0.0201. The van der Waals surface area contributed by atoms with Crippen LogP contribution in [0.2, 0.25) is 0 Å². The van der Waals surface area contributed by atoms with Gasteiger partial charge in [-0.15, -0.1) is 0 Å². The van der Waals surface area contributed by atoms with Crippen molar-refractivity contribution >= 4 is 61.4 Å². The van der Waals surface area contributed by atoms with Gasteiger partial charge in [0.1, 0.15) is 12.5 Å². The highest BCUT2D eigenvalue weighted by Gasteiger charge is 2.25. The number of nitrogens with zero attached hydrogens (tertiary/aromatic N) is 4. The van der Waals surface area contributed by atoms with E-state index in [1.807, 2.05) is 16.7 Å². The number of rotatable bonds is 7. The van der Waals surface area contributed by atoms with Crippen molar-refractivity contribution < 1.29 is 12.8 Å². The predicted octanol–water partition coefficient (Wildman–Crippen LogP) is 3.06. The number of anilines is 1. The van der Waals surface area contributed by atoms with Gasteiger partial charge in [0.05, 0.1) is 5.75 Å². The van der Waals surface area contributed by atoms with Crippen molar-refractivity contribution in [2.75, 3.05) is 18.5 Å². The summed E-state index contributed by atoms with van der Waals surface area (Å²) in [4.78, 5) is 13.8. The van der Waals surface area contributed by atoms with Gasteiger partial charge in [0.25, 0.3) is 0 Å². The van der Waals surface area contributed by atoms with Crippen molar-refractivity contribution in [3.63, 3.8) is 0 Å². The van der Waals surface area contributed by atoms with Crippen molar-refractivity contribution in [1.82, 2.24) is 24.2 Å². The van der Waals surface area contributed by atoms with E-state index in [1.54, 1.807) is 0 Å². The van der Waals surface area contributed by atoms with E-state index in [-0.39, 0.29) is 11.6 Å². The zero-order chi connectivity index (χ0) is 21.5. The van der Waals surface area contributed by atoms with Crippen molar-refractivity contribution in [2.45, 2.75) is 42.0 Å². The summed E-state index contributed by atoms with van der Waals surface area (Å²) in [6.07, 6.45) is 2.07. The van der Waals surface area contributed by atoms with Gasteiger partial charge in [-0.2, -0.15) is 0 Å². The third-order valence-corrected chi connectivity index (χ3v) is 8.79. The SMILES string of the molecule is CNS(=O)(=O)CCCn1c(Sc2cc3c(cc2I)CCC3F)nc2c(N)ncnc21. The van der Waals surface area contributed by atoms with Crippen molar-refractivity contribution in [2.24, 2.45) is 0 Å². The number of sulfonamides is 1. The third kappa shape index (κ3) is 4.27. The van der Waals surface area contributed by atoms with E-state index in [2.05, 4.69) is 42.3 Å². The smallest absolute Gasteiger partial charge is 0.211 e. The minimum atomic E-state index is -3.32. The molecule has 4 rings (SSSR count). The Morgan fingerprint density at radius 2 is 2.20 bits per heavy atom. The van der Waals surface area contributed by atoms with Crippen LogP contribution in [0, 0.1) is 3.57 Å². The normalized spacial score (nSPS) is 16.3. The van der Waals surface area contributed by atoms with Gasteiger partial charge in [0.15, 0.2) is 22.1 Å². The molecule has 0 spiro atoms. The van der Waals surface area contributed by atoms with E-state index in [1.165, 1.54) is 25.1 Å². The van der Waals surface area contributed by atoms with Crippen LogP contribution in [0.4, 0.5) is 10.2 Å². The molecule has 12 heteroatoms. The third-order valence-electron chi connectivity index (χ3n) is 5.03. The van der Waals surface area contributed by atoms with Gasteiger partial charge in [0.2, 0.25) is 10.0 Å². The van der Waals surface area contributed by atoms with Gasteiger partial charge in [-0.05, 0) is 72.2 Å². The van der Waals surface area contributed by atoms with Crippen LogP contribution in [0.5, 0.6) is 0 Å². The fraction of sp³-hybridized carbons (Fsp3) is 0.389. The number of hydrogen-bond donors (Lipinski definition) is 2. The van der Waals surface area contributed by atoms with Crippen molar-refractivity contribution in [3.8, 4) is 0 Å². The number of benzene rings is 1. The van der Waals surface area contributed by atoms with Crippen LogP contribution in [0.1, 0.15) is 30.1 Å². The number of halogens is 2. The lowest BCUT2D eigenvalue weighted by Crippen LogP contribution is -2.22. The standard InChI is InChI=1S/C18H20FIN6O2S2/c1-22-30(27,28)6-2-5-26-17-15(16(21)23-9-24-17)25-18(26)29-14-8-11-10(7-13(14)20)3-4-12(11)19/h7-9,12,22H,2-6H2,1H3,(H2,21,23,24). The van der Waals surface area contributed by atoms with Gasteiger partial charge in [-0.25, -0.2) is 32.5 Å². The fourth-order valence-electron chi connectivity index (χ4n) is 3.46. The summed E-state index contributed by atoms with van der Waals surface area (Å²) in [6, 6.07) is 3.92. The Morgan fingerprint density at radius 3 is 2.97 bits per heavy atom. The van der Waals surface area contributed by atoms with Gasteiger partial charge in [-0.3, -0.25) is 0 Å². The quantitative estimate of drug-likeness (QED) is 0.426. The maximum atomic E-state index is 14.2. The average molecular weight is 562 g/mol. The molecule has 0 bridgehead atoms. The highest BCUT2D eigenvalue weighted by atomic mass is 127. The molecule has 2 heterocycles. The molecule has 0 fully saturated rings. The molecule has 0 amide bonds. The number of alkyl halides is 1. The number of nitrogens with two attached hydrogens (primary N) is 1. The van der Waals surface area contributed by atoms with Crippen LogP contribution in [-0.2, 0) is 23.0 Å². The molecule has 1 aromatic carbocycles. The maximum Gasteiger partial charge on any atom is 0.211 e. The molecule has 2 aromatic heterocycles. The van der Waals surface area contributed by atoms with Crippen LogP contribution in [-0.4, -0.2) is 40.7 Å². The van der Waals surface area contributed by atoms with Gasteiger partial charge in [0, 0.05) is 15.0 Å². The Labute approximate surface area is 191 Å². The van der Waals surface area contributed by atoms with Crippen LogP contribution in [0.25, 0.3) is 11.2 Å². The number of imidazole rings is 1. The molecule has 0 saturated heterocycles. The van der Waals surface area contributed by atoms with E-state index in [9.17, 15) is 12.8 Å². The maximum absolute atomic E-state index is 14.2. The lowest BCUT2D eigenvalue weighted by atomic mass is 10.1. The Bertz CT molecular complexity index is 1220. The molecule has 0 aliphatic heterocycles. The zero-order valence-electron chi connectivity index (χ0n) is 16.1. The first kappa shape index (κ1) is 21.7. The monoisotopic (exact) mass is 562 g/mol. The second kappa shape index (κ2) is 8.55. The summed E-state index contributed by atoms with van der Waals surface area (Å²) in [5.41, 5.74) is 8.79. The highest BCUT2D eigenvalue weighted by Crippen LogP contribution is 2.41. The average Bonchev–Trinajstić information content (AvgIpc) is 3.24. The Morgan fingerprint density at radius 1 is 1.40 bits per heavy atom. The summed E-state index contributed by atoms with van der Waals surface area (Å²) in [6.45, 7) is 0.392. The Balaban J connectivity index is 1.70. The number of aromatic nitrogens is 4. The molecule has 1 atom stereocenters. The van der Waals surface area contributed by atoms with Crippen LogP contribution < -0.4 is 10.5 Å². The molecule has 3 aromatic rings. The molecule has 1 aliphatic rings. The molecule has 3 N–H and O–H groups in total. The lowest BCUT2D eigenvalue weighted by molar-refractivity contribution is 0.343. The highest BCUT2D eigenvalue weighted by molar-refractivity contribution is 14.1. The largest absolute Gasteiger partial charge is 0.382 e. The molecule has 8 nitrogen and oxygen atoms in total. The van der Waals surface area contributed by atoms with E-state index >= 15 is 0 Å². The predicted molar refractivity (Wildman–Crippen MR) is 123 cm³/mol. The summed E-state index contributed by atoms with van der Waals surface area (Å²) in [5.74, 6) is 0.240. The minimum Gasteiger partial charge on any atom is -0.382 e. The molecule has 1 unspecified atom stereocenters. The fourth-order valence-corrected chi connectivity index (χ4v) is 6.00. The van der Waals surface area contributed by atoms with Gasteiger partial charge in [-0.1, -0.05) is 11.8 Å². The number of nitrogens with one attached hydrogen (secondary N) is 1. The molecule has 0 saturated carbocycles. The molecule has 0 radical (unpaired) electrons. The molecular weight excluding hydrogens is 542 g/mol. The second-order valence-electron chi connectivity index (χ2n) is 6.94. The van der Waals surface area contributed by atoms with Crippen molar-refractivity contribution in [3.05, 3.63) is 33.2 Å². The molecule has 160 valence electrons. The first-order valence-electron chi connectivity index (χ1n) is 9.31.